The molecule has 0 bridgehead atoms. The third kappa shape index (κ3) is 3.73. The van der Waals surface area contributed by atoms with Gasteiger partial charge in [0.25, 0.3) is 5.91 Å². The van der Waals surface area contributed by atoms with Crippen molar-refractivity contribution in [2.75, 3.05) is 5.32 Å². The number of carboxylic acid groups (broad SMARTS) is 1. The summed E-state index contributed by atoms with van der Waals surface area (Å²) in [6, 6.07) is 13.7. The second-order valence-electron chi connectivity index (χ2n) is 5.72. The molecule has 5 nitrogen and oxygen atoms in total. The average molecular weight is 367 g/mol. The van der Waals surface area contributed by atoms with Crippen LogP contribution in [0.5, 0.6) is 0 Å². The highest BCUT2D eigenvalue weighted by molar-refractivity contribution is 6.31. The third-order valence-corrected chi connectivity index (χ3v) is 4.13. The molecule has 0 radical (unpaired) electrons. The van der Waals surface area contributed by atoms with Gasteiger partial charge in [-0.3, -0.25) is 9.78 Å². The van der Waals surface area contributed by atoms with Crippen molar-refractivity contribution < 1.29 is 14.7 Å². The Morgan fingerprint density at radius 2 is 1.77 bits per heavy atom. The van der Waals surface area contributed by atoms with E-state index in [9.17, 15) is 14.7 Å². The van der Waals surface area contributed by atoms with Crippen molar-refractivity contribution in [1.82, 2.24) is 4.98 Å². The van der Waals surface area contributed by atoms with Gasteiger partial charge in [0.05, 0.1) is 11.3 Å². The molecular weight excluding hydrogens is 352 g/mol. The van der Waals surface area contributed by atoms with Gasteiger partial charge in [0, 0.05) is 23.0 Å². The Bertz CT molecular complexity index is 988. The minimum absolute atomic E-state index is 0.0476. The number of nitrogens with one attached hydrogen (secondary N) is 1. The minimum atomic E-state index is -1.16. The number of hydrogen-bond acceptors (Lipinski definition) is 3. The lowest BCUT2D eigenvalue weighted by Crippen LogP contribution is -2.16. The molecule has 3 aromatic rings. The van der Waals surface area contributed by atoms with E-state index in [-0.39, 0.29) is 11.3 Å². The lowest BCUT2D eigenvalue weighted by Gasteiger charge is -2.13. The van der Waals surface area contributed by atoms with E-state index in [4.69, 9.17) is 11.6 Å². The number of pyridine rings is 1. The van der Waals surface area contributed by atoms with Gasteiger partial charge in [-0.15, -0.1) is 0 Å². The van der Waals surface area contributed by atoms with Gasteiger partial charge >= 0.3 is 5.97 Å². The van der Waals surface area contributed by atoms with Gasteiger partial charge in [0.1, 0.15) is 0 Å². The fourth-order valence-corrected chi connectivity index (χ4v) is 2.92. The van der Waals surface area contributed by atoms with E-state index < -0.39 is 11.9 Å². The number of halogens is 1. The Balaban J connectivity index is 1.94. The number of carboxylic acids is 1. The molecule has 1 amide bonds. The number of aryl methyl sites for hydroxylation is 1. The number of benzene rings is 2. The maximum atomic E-state index is 12.7. The van der Waals surface area contributed by atoms with Crippen LogP contribution < -0.4 is 5.32 Å². The van der Waals surface area contributed by atoms with Crippen molar-refractivity contribution in [2.45, 2.75) is 6.92 Å². The Labute approximate surface area is 155 Å². The summed E-state index contributed by atoms with van der Waals surface area (Å²) in [5.74, 6) is -1.55. The summed E-state index contributed by atoms with van der Waals surface area (Å²) >= 11 is 5.93. The van der Waals surface area contributed by atoms with E-state index in [1.54, 1.807) is 43.6 Å². The molecule has 3 rings (SSSR count). The van der Waals surface area contributed by atoms with E-state index in [0.29, 0.717) is 16.1 Å². The number of anilines is 1. The minimum Gasteiger partial charge on any atom is -0.478 e. The van der Waals surface area contributed by atoms with Crippen LogP contribution in [0.3, 0.4) is 0 Å². The zero-order valence-electron chi connectivity index (χ0n) is 13.9. The molecule has 0 unspecified atom stereocenters. The third-order valence-electron chi connectivity index (χ3n) is 3.91. The van der Waals surface area contributed by atoms with E-state index in [0.717, 1.165) is 11.1 Å². The van der Waals surface area contributed by atoms with Crippen LogP contribution in [0.15, 0.2) is 60.9 Å². The Morgan fingerprint density at radius 1 is 1.04 bits per heavy atom. The summed E-state index contributed by atoms with van der Waals surface area (Å²) in [6.45, 7) is 1.70. The first kappa shape index (κ1) is 17.6. The lowest BCUT2D eigenvalue weighted by molar-refractivity contribution is 0.0698. The van der Waals surface area contributed by atoms with Crippen molar-refractivity contribution >= 4 is 29.2 Å². The quantitative estimate of drug-likeness (QED) is 0.703. The van der Waals surface area contributed by atoms with Gasteiger partial charge < -0.3 is 10.4 Å². The fourth-order valence-electron chi connectivity index (χ4n) is 2.65. The number of nitrogens with zero attached hydrogens (tertiary/aromatic N) is 1. The van der Waals surface area contributed by atoms with Gasteiger partial charge in [0.2, 0.25) is 0 Å². The fraction of sp³-hybridized carbons (Fsp3) is 0.0500. The average Bonchev–Trinajstić information content (AvgIpc) is 2.64. The summed E-state index contributed by atoms with van der Waals surface area (Å²) in [4.78, 5) is 28.1. The number of hydrogen-bond donors (Lipinski definition) is 2. The molecule has 0 saturated heterocycles. The molecule has 0 saturated carbocycles. The highest BCUT2D eigenvalue weighted by atomic mass is 35.5. The SMILES string of the molecule is Cc1cc(Cl)cc(C(=O)O)c1NC(=O)c1cccc(-c2ccncc2)c1. The van der Waals surface area contributed by atoms with Gasteiger partial charge in [-0.2, -0.15) is 0 Å². The molecule has 0 atom stereocenters. The van der Waals surface area contributed by atoms with E-state index in [2.05, 4.69) is 10.3 Å². The van der Waals surface area contributed by atoms with Gasteiger partial charge in [-0.25, -0.2) is 4.79 Å². The van der Waals surface area contributed by atoms with Crippen molar-refractivity contribution in [1.29, 1.82) is 0 Å². The number of aromatic nitrogens is 1. The molecule has 0 spiro atoms. The molecule has 2 N–H and O–H groups in total. The second-order valence-corrected chi connectivity index (χ2v) is 6.16. The van der Waals surface area contributed by atoms with Crippen LogP contribution in [-0.2, 0) is 0 Å². The molecule has 130 valence electrons. The maximum Gasteiger partial charge on any atom is 0.337 e. The summed E-state index contributed by atoms with van der Waals surface area (Å²) in [6.07, 6.45) is 3.36. The van der Waals surface area contributed by atoms with Crippen molar-refractivity contribution in [3.05, 3.63) is 82.6 Å². The Morgan fingerprint density at radius 3 is 2.46 bits per heavy atom. The zero-order chi connectivity index (χ0) is 18.7. The van der Waals surface area contributed by atoms with Crippen molar-refractivity contribution in [2.24, 2.45) is 0 Å². The highest BCUT2D eigenvalue weighted by Crippen LogP contribution is 2.27. The number of rotatable bonds is 4. The standard InChI is InChI=1S/C20H15ClN2O3/c1-12-9-16(21)11-17(20(25)26)18(12)23-19(24)15-4-2-3-14(10-15)13-5-7-22-8-6-13/h2-11H,1H3,(H,23,24)(H,25,26). The summed E-state index contributed by atoms with van der Waals surface area (Å²) in [7, 11) is 0. The Kier molecular flexibility index (Phi) is 5.00. The molecule has 1 aromatic heterocycles. The summed E-state index contributed by atoms with van der Waals surface area (Å²) in [5, 5.41) is 12.4. The van der Waals surface area contributed by atoms with Crippen LogP contribution in [0.25, 0.3) is 11.1 Å². The molecule has 2 aromatic carbocycles. The van der Waals surface area contributed by atoms with Crippen LogP contribution >= 0.6 is 11.6 Å². The molecular formula is C20H15ClN2O3. The van der Waals surface area contributed by atoms with E-state index in [1.807, 2.05) is 18.2 Å². The Hall–Kier alpha value is -3.18. The maximum absolute atomic E-state index is 12.7. The number of carbonyl (C=O) groups is 2. The first-order valence-corrected chi connectivity index (χ1v) is 8.19. The summed E-state index contributed by atoms with van der Waals surface area (Å²) < 4.78 is 0. The number of amides is 1. The number of aromatic carboxylic acids is 1. The van der Waals surface area contributed by atoms with Crippen LogP contribution in [0, 0.1) is 6.92 Å². The van der Waals surface area contributed by atoms with Crippen molar-refractivity contribution in [3.8, 4) is 11.1 Å². The largest absolute Gasteiger partial charge is 0.478 e. The highest BCUT2D eigenvalue weighted by Gasteiger charge is 2.17. The molecule has 26 heavy (non-hydrogen) atoms. The molecule has 1 heterocycles. The zero-order valence-corrected chi connectivity index (χ0v) is 14.6. The van der Waals surface area contributed by atoms with Crippen LogP contribution in [-0.4, -0.2) is 22.0 Å². The molecule has 0 fully saturated rings. The van der Waals surface area contributed by atoms with E-state index >= 15 is 0 Å². The van der Waals surface area contributed by atoms with Crippen LogP contribution in [0.1, 0.15) is 26.3 Å². The monoisotopic (exact) mass is 366 g/mol. The van der Waals surface area contributed by atoms with Gasteiger partial charge in [-0.1, -0.05) is 23.7 Å². The predicted octanol–water partition coefficient (Wildman–Crippen LogP) is 4.66. The normalized spacial score (nSPS) is 10.4. The topological polar surface area (TPSA) is 79.3 Å². The first-order chi connectivity index (χ1) is 12.5. The first-order valence-electron chi connectivity index (χ1n) is 7.81. The number of carbonyl (C=O) groups excluding carboxylic acids is 1. The molecule has 0 aliphatic heterocycles. The van der Waals surface area contributed by atoms with E-state index in [1.165, 1.54) is 6.07 Å². The molecule has 0 aliphatic carbocycles. The summed E-state index contributed by atoms with van der Waals surface area (Å²) in [5.41, 5.74) is 2.99. The van der Waals surface area contributed by atoms with Crippen LogP contribution in [0.4, 0.5) is 5.69 Å². The van der Waals surface area contributed by atoms with Crippen molar-refractivity contribution in [3.63, 3.8) is 0 Å². The lowest BCUT2D eigenvalue weighted by atomic mass is 10.0. The van der Waals surface area contributed by atoms with Gasteiger partial charge in [-0.05, 0) is 60.0 Å². The molecule has 0 aliphatic rings. The van der Waals surface area contributed by atoms with Crippen LogP contribution in [0.2, 0.25) is 5.02 Å². The predicted molar refractivity (Wildman–Crippen MR) is 101 cm³/mol. The second kappa shape index (κ2) is 7.37. The van der Waals surface area contributed by atoms with Gasteiger partial charge in [0.15, 0.2) is 0 Å². The molecule has 6 heteroatoms. The smallest absolute Gasteiger partial charge is 0.337 e.